The van der Waals surface area contributed by atoms with Crippen LogP contribution >= 0.6 is 0 Å². The molecule has 1 N–H and O–H groups in total. The monoisotopic (exact) mass is 259 g/mol. The Morgan fingerprint density at radius 3 is 2.72 bits per heavy atom. The van der Waals surface area contributed by atoms with Crippen LogP contribution in [0.1, 0.15) is 24.9 Å². The van der Waals surface area contributed by atoms with Crippen molar-refractivity contribution >= 4 is 0 Å². The Bertz CT molecular complexity index is 390. The standard InChI is InChI=1S/C13H16F3NO/c1-3-6-12(17-4-2)10-7-5-8-11(9-10)18-13(14,15)16/h3,5,7-9,12,17H,1,4,6H2,2H3. The maximum atomic E-state index is 12.1. The van der Waals surface area contributed by atoms with E-state index in [9.17, 15) is 13.2 Å². The first-order chi connectivity index (χ1) is 8.46. The predicted molar refractivity (Wildman–Crippen MR) is 64.4 cm³/mol. The average Bonchev–Trinajstić information content (AvgIpc) is 2.27. The van der Waals surface area contributed by atoms with Crippen LogP contribution < -0.4 is 10.1 Å². The highest BCUT2D eigenvalue weighted by Gasteiger charge is 2.31. The number of ether oxygens (including phenoxy) is 1. The lowest BCUT2D eigenvalue weighted by atomic mass is 10.0. The molecule has 0 saturated carbocycles. The van der Waals surface area contributed by atoms with E-state index < -0.39 is 6.36 Å². The second-order valence-electron chi connectivity index (χ2n) is 3.75. The Kier molecular flexibility index (Phi) is 5.22. The van der Waals surface area contributed by atoms with Crippen LogP contribution in [0.15, 0.2) is 36.9 Å². The number of halogens is 3. The van der Waals surface area contributed by atoms with Gasteiger partial charge in [0.1, 0.15) is 5.75 Å². The summed E-state index contributed by atoms with van der Waals surface area (Å²) in [5.41, 5.74) is 0.749. The molecule has 5 heteroatoms. The summed E-state index contributed by atoms with van der Waals surface area (Å²) in [7, 11) is 0. The Hall–Kier alpha value is -1.49. The zero-order valence-corrected chi connectivity index (χ0v) is 10.1. The molecular formula is C13H16F3NO. The molecule has 0 heterocycles. The van der Waals surface area contributed by atoms with Gasteiger partial charge in [-0.2, -0.15) is 0 Å². The van der Waals surface area contributed by atoms with E-state index in [1.165, 1.54) is 12.1 Å². The van der Waals surface area contributed by atoms with Gasteiger partial charge in [0.2, 0.25) is 0 Å². The van der Waals surface area contributed by atoms with Gasteiger partial charge in [-0.15, -0.1) is 19.8 Å². The maximum Gasteiger partial charge on any atom is 0.573 e. The van der Waals surface area contributed by atoms with Crippen molar-refractivity contribution in [3.63, 3.8) is 0 Å². The molecule has 0 saturated heterocycles. The van der Waals surface area contributed by atoms with Crippen LogP contribution in [0.3, 0.4) is 0 Å². The summed E-state index contributed by atoms with van der Waals surface area (Å²) >= 11 is 0. The summed E-state index contributed by atoms with van der Waals surface area (Å²) < 4.78 is 40.2. The Morgan fingerprint density at radius 1 is 1.44 bits per heavy atom. The normalized spacial score (nSPS) is 13.1. The molecule has 0 radical (unpaired) electrons. The van der Waals surface area contributed by atoms with Gasteiger partial charge in [-0.05, 0) is 30.7 Å². The van der Waals surface area contributed by atoms with Crippen molar-refractivity contribution in [2.24, 2.45) is 0 Å². The Morgan fingerprint density at radius 2 is 2.17 bits per heavy atom. The van der Waals surface area contributed by atoms with E-state index in [0.29, 0.717) is 6.42 Å². The highest BCUT2D eigenvalue weighted by molar-refractivity contribution is 5.31. The number of alkyl halides is 3. The minimum Gasteiger partial charge on any atom is -0.406 e. The fourth-order valence-corrected chi connectivity index (χ4v) is 1.68. The molecule has 1 unspecified atom stereocenters. The van der Waals surface area contributed by atoms with Crippen molar-refractivity contribution in [3.8, 4) is 5.75 Å². The molecule has 0 amide bonds. The molecule has 100 valence electrons. The second kappa shape index (κ2) is 6.44. The molecule has 18 heavy (non-hydrogen) atoms. The van der Waals surface area contributed by atoms with E-state index in [1.807, 2.05) is 6.92 Å². The van der Waals surface area contributed by atoms with Crippen molar-refractivity contribution in [1.82, 2.24) is 5.32 Å². The molecule has 1 aromatic rings. The minimum atomic E-state index is -4.66. The topological polar surface area (TPSA) is 21.3 Å². The summed E-state index contributed by atoms with van der Waals surface area (Å²) in [4.78, 5) is 0. The zero-order valence-electron chi connectivity index (χ0n) is 10.1. The number of nitrogens with one attached hydrogen (secondary N) is 1. The zero-order chi connectivity index (χ0) is 13.6. The molecule has 0 aliphatic heterocycles. The average molecular weight is 259 g/mol. The van der Waals surface area contributed by atoms with E-state index in [1.54, 1.807) is 18.2 Å². The largest absolute Gasteiger partial charge is 0.573 e. The molecule has 0 aromatic heterocycles. The third-order valence-corrected chi connectivity index (χ3v) is 2.35. The van der Waals surface area contributed by atoms with Crippen LogP contribution in [0.4, 0.5) is 13.2 Å². The first-order valence-electron chi connectivity index (χ1n) is 5.66. The van der Waals surface area contributed by atoms with Crippen LogP contribution in [0.5, 0.6) is 5.75 Å². The molecule has 0 bridgehead atoms. The number of hydrogen-bond acceptors (Lipinski definition) is 2. The van der Waals surface area contributed by atoms with Gasteiger partial charge in [-0.3, -0.25) is 0 Å². The molecule has 0 fully saturated rings. The lowest BCUT2D eigenvalue weighted by Gasteiger charge is -2.17. The van der Waals surface area contributed by atoms with Crippen molar-refractivity contribution in [2.45, 2.75) is 25.7 Å². The number of rotatable bonds is 6. The third-order valence-electron chi connectivity index (χ3n) is 2.35. The molecule has 0 aliphatic rings. The summed E-state index contributed by atoms with van der Waals surface area (Å²) in [5.74, 6) is -0.202. The van der Waals surface area contributed by atoms with Crippen LogP contribution in [-0.2, 0) is 0 Å². The summed E-state index contributed by atoms with van der Waals surface area (Å²) in [6, 6.07) is 5.94. The molecule has 0 spiro atoms. The molecule has 1 rings (SSSR count). The second-order valence-corrected chi connectivity index (χ2v) is 3.75. The van der Waals surface area contributed by atoms with Crippen molar-refractivity contribution in [3.05, 3.63) is 42.5 Å². The van der Waals surface area contributed by atoms with Crippen molar-refractivity contribution < 1.29 is 17.9 Å². The highest BCUT2D eigenvalue weighted by atomic mass is 19.4. The number of benzene rings is 1. The maximum absolute atomic E-state index is 12.1. The fourth-order valence-electron chi connectivity index (χ4n) is 1.68. The van der Waals surface area contributed by atoms with Crippen molar-refractivity contribution in [2.75, 3.05) is 6.54 Å². The smallest absolute Gasteiger partial charge is 0.406 e. The molecule has 1 atom stereocenters. The predicted octanol–water partition coefficient (Wildman–Crippen LogP) is 3.81. The quantitative estimate of drug-likeness (QED) is 0.784. The van der Waals surface area contributed by atoms with E-state index >= 15 is 0 Å². The van der Waals surface area contributed by atoms with Gasteiger partial charge in [-0.25, -0.2) is 0 Å². The Labute approximate surface area is 104 Å². The SMILES string of the molecule is C=CCC(NCC)c1cccc(OC(F)(F)F)c1. The van der Waals surface area contributed by atoms with Gasteiger partial charge in [0.25, 0.3) is 0 Å². The van der Waals surface area contributed by atoms with Crippen LogP contribution in [0.2, 0.25) is 0 Å². The van der Waals surface area contributed by atoms with E-state index in [2.05, 4.69) is 16.6 Å². The van der Waals surface area contributed by atoms with Gasteiger partial charge in [0, 0.05) is 6.04 Å². The third kappa shape index (κ3) is 4.79. The van der Waals surface area contributed by atoms with E-state index in [-0.39, 0.29) is 11.8 Å². The Balaban J connectivity index is 2.88. The van der Waals surface area contributed by atoms with Gasteiger partial charge >= 0.3 is 6.36 Å². The summed E-state index contributed by atoms with van der Waals surface area (Å²) in [6.45, 7) is 6.30. The highest BCUT2D eigenvalue weighted by Crippen LogP contribution is 2.26. The number of hydrogen-bond donors (Lipinski definition) is 1. The van der Waals surface area contributed by atoms with Gasteiger partial charge in [0.05, 0.1) is 0 Å². The first kappa shape index (κ1) is 14.6. The minimum absolute atomic E-state index is 0.0516. The molecular weight excluding hydrogens is 243 g/mol. The van der Waals surface area contributed by atoms with Crippen molar-refractivity contribution in [1.29, 1.82) is 0 Å². The summed E-state index contributed by atoms with van der Waals surface area (Å²) in [5, 5.41) is 3.18. The summed E-state index contributed by atoms with van der Waals surface area (Å²) in [6.07, 6.45) is -2.29. The first-order valence-corrected chi connectivity index (χ1v) is 5.66. The molecule has 1 aromatic carbocycles. The lowest BCUT2D eigenvalue weighted by molar-refractivity contribution is -0.274. The van der Waals surface area contributed by atoms with E-state index in [0.717, 1.165) is 12.1 Å². The van der Waals surface area contributed by atoms with Gasteiger partial charge < -0.3 is 10.1 Å². The van der Waals surface area contributed by atoms with Crippen LogP contribution in [0, 0.1) is 0 Å². The van der Waals surface area contributed by atoms with E-state index in [4.69, 9.17) is 0 Å². The fraction of sp³-hybridized carbons (Fsp3) is 0.385. The van der Waals surface area contributed by atoms with Crippen LogP contribution in [0.25, 0.3) is 0 Å². The van der Waals surface area contributed by atoms with Gasteiger partial charge in [0.15, 0.2) is 0 Å². The van der Waals surface area contributed by atoms with Gasteiger partial charge in [-0.1, -0.05) is 25.1 Å². The molecule has 0 aliphatic carbocycles. The molecule has 2 nitrogen and oxygen atoms in total. The lowest BCUT2D eigenvalue weighted by Crippen LogP contribution is -2.21. The van der Waals surface area contributed by atoms with Crippen LogP contribution in [-0.4, -0.2) is 12.9 Å².